The average molecular weight is 337 g/mol. The van der Waals surface area contributed by atoms with Crippen LogP contribution in [0.15, 0.2) is 18.7 Å². The minimum absolute atomic E-state index is 0.0189. The van der Waals surface area contributed by atoms with Gasteiger partial charge in [-0.15, -0.1) is 0 Å². The van der Waals surface area contributed by atoms with E-state index in [4.69, 9.17) is 9.47 Å². The van der Waals surface area contributed by atoms with Crippen molar-refractivity contribution in [2.75, 3.05) is 32.9 Å². The number of likely N-dealkylation sites (tertiary alicyclic amines) is 1. The molecule has 1 amide bonds. The molecule has 2 aliphatic heterocycles. The largest absolute Gasteiger partial charge is 0.479 e. The number of imidazole rings is 1. The van der Waals surface area contributed by atoms with Gasteiger partial charge in [0.25, 0.3) is 0 Å². The lowest BCUT2D eigenvalue weighted by Gasteiger charge is -2.39. The zero-order valence-corrected chi connectivity index (χ0v) is 13.6. The molecule has 1 aromatic heterocycles. The molecular formula is C16H23N3O5. The van der Waals surface area contributed by atoms with Gasteiger partial charge >= 0.3 is 5.97 Å². The number of carboxylic acids is 1. The third kappa shape index (κ3) is 3.44. The molecule has 0 spiro atoms. The van der Waals surface area contributed by atoms with Gasteiger partial charge in [0.2, 0.25) is 5.91 Å². The van der Waals surface area contributed by atoms with Crippen LogP contribution in [0.5, 0.6) is 0 Å². The molecule has 1 aromatic rings. The first-order valence-corrected chi connectivity index (χ1v) is 8.31. The van der Waals surface area contributed by atoms with Crippen molar-refractivity contribution in [1.29, 1.82) is 0 Å². The standard InChI is InChI=1S/C16H23N3O5/c20-14(11-23-10-13-2-1-9-24-13)18-6-3-16(4-7-18,15(21)22)19-8-5-17-12-19/h5,8,12-13H,1-4,6-7,9-11H2,(H,21,22)/t13-/m1/s1. The number of carboxylic acid groups (broad SMARTS) is 1. The third-order valence-corrected chi connectivity index (χ3v) is 4.89. The number of aromatic nitrogens is 2. The molecule has 0 unspecified atom stereocenters. The molecule has 0 saturated carbocycles. The Morgan fingerprint density at radius 3 is 2.75 bits per heavy atom. The molecule has 2 fully saturated rings. The first-order chi connectivity index (χ1) is 11.6. The number of aliphatic carboxylic acids is 1. The highest BCUT2D eigenvalue weighted by molar-refractivity contribution is 5.80. The first kappa shape index (κ1) is 16.9. The van der Waals surface area contributed by atoms with Gasteiger partial charge in [-0.25, -0.2) is 9.78 Å². The van der Waals surface area contributed by atoms with Gasteiger partial charge in [0.1, 0.15) is 12.1 Å². The lowest BCUT2D eigenvalue weighted by atomic mass is 9.87. The van der Waals surface area contributed by atoms with Crippen LogP contribution in [0.25, 0.3) is 0 Å². The van der Waals surface area contributed by atoms with Crippen molar-refractivity contribution in [3.63, 3.8) is 0 Å². The highest BCUT2D eigenvalue weighted by Crippen LogP contribution is 2.30. The Bertz CT molecular complexity index is 560. The molecule has 0 bridgehead atoms. The minimum Gasteiger partial charge on any atom is -0.479 e. The Labute approximate surface area is 140 Å². The Hall–Kier alpha value is -1.93. The fourth-order valence-corrected chi connectivity index (χ4v) is 3.37. The molecule has 0 radical (unpaired) electrons. The SMILES string of the molecule is O=C(COC[C@H]1CCCO1)N1CCC(C(=O)O)(n2ccnc2)CC1. The smallest absolute Gasteiger partial charge is 0.330 e. The maximum Gasteiger partial charge on any atom is 0.330 e. The van der Waals surface area contributed by atoms with Crippen LogP contribution in [0.4, 0.5) is 0 Å². The molecule has 2 saturated heterocycles. The number of carbonyl (C=O) groups is 2. The number of carbonyl (C=O) groups excluding carboxylic acids is 1. The fraction of sp³-hybridized carbons (Fsp3) is 0.688. The summed E-state index contributed by atoms with van der Waals surface area (Å²) in [5.41, 5.74) is -1.02. The molecule has 1 N–H and O–H groups in total. The van der Waals surface area contributed by atoms with Crippen LogP contribution >= 0.6 is 0 Å². The topological polar surface area (TPSA) is 93.9 Å². The van der Waals surface area contributed by atoms with Crippen LogP contribution in [0.3, 0.4) is 0 Å². The van der Waals surface area contributed by atoms with E-state index in [0.29, 0.717) is 32.5 Å². The van der Waals surface area contributed by atoms with Gasteiger partial charge in [-0.1, -0.05) is 0 Å². The van der Waals surface area contributed by atoms with E-state index in [1.807, 2.05) is 0 Å². The number of ether oxygens (including phenoxy) is 2. The second-order valence-electron chi connectivity index (χ2n) is 6.34. The number of hydrogen-bond donors (Lipinski definition) is 1. The lowest BCUT2D eigenvalue weighted by Crippen LogP contribution is -2.52. The van der Waals surface area contributed by atoms with E-state index in [1.54, 1.807) is 21.9 Å². The van der Waals surface area contributed by atoms with Crippen molar-refractivity contribution in [3.05, 3.63) is 18.7 Å². The molecule has 0 aromatic carbocycles. The van der Waals surface area contributed by atoms with Crippen molar-refractivity contribution in [1.82, 2.24) is 14.5 Å². The zero-order chi connectivity index (χ0) is 17.0. The minimum atomic E-state index is -1.02. The predicted octanol–water partition coefficient (Wildman–Crippen LogP) is 0.481. The summed E-state index contributed by atoms with van der Waals surface area (Å²) in [6.45, 7) is 2.01. The van der Waals surface area contributed by atoms with Crippen LogP contribution in [-0.2, 0) is 24.6 Å². The molecule has 132 valence electrons. The highest BCUT2D eigenvalue weighted by Gasteiger charge is 2.43. The molecule has 3 heterocycles. The summed E-state index contributed by atoms with van der Waals surface area (Å²) in [5, 5.41) is 9.66. The second-order valence-corrected chi connectivity index (χ2v) is 6.34. The summed E-state index contributed by atoms with van der Waals surface area (Å²) >= 11 is 0. The molecule has 0 aliphatic carbocycles. The lowest BCUT2D eigenvalue weighted by molar-refractivity contribution is -0.153. The zero-order valence-electron chi connectivity index (χ0n) is 13.6. The predicted molar refractivity (Wildman–Crippen MR) is 83.4 cm³/mol. The van der Waals surface area contributed by atoms with Crippen molar-refractivity contribution in [2.24, 2.45) is 0 Å². The Morgan fingerprint density at radius 1 is 1.38 bits per heavy atom. The summed E-state index contributed by atoms with van der Waals surface area (Å²) < 4.78 is 12.5. The van der Waals surface area contributed by atoms with Gasteiger partial charge in [-0.05, 0) is 25.7 Å². The molecule has 8 nitrogen and oxygen atoms in total. The summed E-state index contributed by atoms with van der Waals surface area (Å²) in [6.07, 6.45) is 7.59. The van der Waals surface area contributed by atoms with Crippen molar-refractivity contribution in [3.8, 4) is 0 Å². The Balaban J connectivity index is 1.50. The monoisotopic (exact) mass is 337 g/mol. The summed E-state index contributed by atoms with van der Waals surface area (Å²) in [5.74, 6) is -0.986. The number of rotatable bonds is 6. The van der Waals surface area contributed by atoms with Gasteiger partial charge in [0.15, 0.2) is 0 Å². The van der Waals surface area contributed by atoms with Crippen molar-refractivity contribution in [2.45, 2.75) is 37.3 Å². The van der Waals surface area contributed by atoms with Crippen LogP contribution in [0, 0.1) is 0 Å². The van der Waals surface area contributed by atoms with Crippen LogP contribution in [-0.4, -0.2) is 70.4 Å². The van der Waals surface area contributed by atoms with Crippen LogP contribution in [0.1, 0.15) is 25.7 Å². The van der Waals surface area contributed by atoms with E-state index in [2.05, 4.69) is 4.98 Å². The van der Waals surface area contributed by atoms with Gasteiger partial charge in [-0.2, -0.15) is 0 Å². The Kier molecular flexibility index (Phi) is 5.15. The van der Waals surface area contributed by atoms with E-state index in [-0.39, 0.29) is 18.6 Å². The van der Waals surface area contributed by atoms with E-state index in [1.165, 1.54) is 6.33 Å². The molecule has 2 aliphatic rings. The Morgan fingerprint density at radius 2 is 2.17 bits per heavy atom. The number of nitrogens with zero attached hydrogens (tertiary/aromatic N) is 3. The summed E-state index contributed by atoms with van der Waals surface area (Å²) in [4.78, 5) is 29.6. The van der Waals surface area contributed by atoms with Crippen LogP contribution < -0.4 is 0 Å². The van der Waals surface area contributed by atoms with Crippen molar-refractivity contribution >= 4 is 11.9 Å². The summed E-state index contributed by atoms with van der Waals surface area (Å²) in [6, 6.07) is 0. The number of piperidine rings is 1. The van der Waals surface area contributed by atoms with E-state index in [9.17, 15) is 14.7 Å². The number of amides is 1. The maximum absolute atomic E-state index is 12.2. The second kappa shape index (κ2) is 7.31. The van der Waals surface area contributed by atoms with Gasteiger partial charge in [-0.3, -0.25) is 4.79 Å². The molecule has 8 heteroatoms. The maximum atomic E-state index is 12.2. The van der Waals surface area contributed by atoms with E-state index >= 15 is 0 Å². The fourth-order valence-electron chi connectivity index (χ4n) is 3.37. The van der Waals surface area contributed by atoms with E-state index in [0.717, 1.165) is 19.4 Å². The van der Waals surface area contributed by atoms with E-state index < -0.39 is 11.5 Å². The van der Waals surface area contributed by atoms with Gasteiger partial charge < -0.3 is 24.0 Å². The molecule has 24 heavy (non-hydrogen) atoms. The molecular weight excluding hydrogens is 314 g/mol. The van der Waals surface area contributed by atoms with Gasteiger partial charge in [0.05, 0.1) is 19.0 Å². The quantitative estimate of drug-likeness (QED) is 0.811. The van der Waals surface area contributed by atoms with Crippen LogP contribution in [0.2, 0.25) is 0 Å². The highest BCUT2D eigenvalue weighted by atomic mass is 16.5. The summed E-state index contributed by atoms with van der Waals surface area (Å²) in [7, 11) is 0. The average Bonchev–Trinajstić information content (AvgIpc) is 3.28. The normalized spacial score (nSPS) is 23.3. The molecule has 3 rings (SSSR count). The van der Waals surface area contributed by atoms with Gasteiger partial charge in [0, 0.05) is 32.1 Å². The number of hydrogen-bond acceptors (Lipinski definition) is 5. The first-order valence-electron chi connectivity index (χ1n) is 8.31. The van der Waals surface area contributed by atoms with Crippen molar-refractivity contribution < 1.29 is 24.2 Å². The third-order valence-electron chi connectivity index (χ3n) is 4.89. The molecule has 1 atom stereocenters.